The number of hydrogen-bond donors (Lipinski definition) is 1. The number of allylic oxidation sites excluding steroid dienone is 1. The molecule has 0 amide bonds. The molecule has 1 N–H and O–H groups in total. The molecule has 5 aliphatic carbocycles. The summed E-state index contributed by atoms with van der Waals surface area (Å²) < 4.78 is 0. The molecule has 8 atom stereocenters. The molecule has 0 saturated heterocycles. The van der Waals surface area contributed by atoms with Crippen molar-refractivity contribution in [1.82, 2.24) is 0 Å². The lowest BCUT2D eigenvalue weighted by Gasteiger charge is -2.60. The maximum absolute atomic E-state index is 10.3. The Morgan fingerprint density at radius 3 is 2.55 bits per heavy atom. The fourth-order valence-corrected chi connectivity index (χ4v) is 9.95. The Morgan fingerprint density at radius 2 is 1.79 bits per heavy atom. The molecular formula is C28H46O. The maximum Gasteiger partial charge on any atom is 0.0577 e. The van der Waals surface area contributed by atoms with Gasteiger partial charge in [-0.2, -0.15) is 0 Å². The van der Waals surface area contributed by atoms with Crippen LogP contribution in [0.25, 0.3) is 0 Å². The number of aliphatic hydroxyl groups is 1. The second kappa shape index (κ2) is 6.60. The van der Waals surface area contributed by atoms with Crippen molar-refractivity contribution in [3.63, 3.8) is 0 Å². The molecule has 0 aromatic heterocycles. The molecule has 4 saturated carbocycles. The number of aliphatic hydroxyl groups excluding tert-OH is 1. The average Bonchev–Trinajstić information content (AvgIpc) is 3.24. The van der Waals surface area contributed by atoms with Gasteiger partial charge in [-0.3, -0.25) is 0 Å². The van der Waals surface area contributed by atoms with Gasteiger partial charge in [-0.05, 0) is 103 Å². The van der Waals surface area contributed by atoms with Crippen LogP contribution in [0, 0.1) is 45.3 Å². The van der Waals surface area contributed by atoms with Crippen LogP contribution in [-0.4, -0.2) is 11.2 Å². The molecule has 1 heteroatoms. The van der Waals surface area contributed by atoms with E-state index in [1.54, 1.807) is 5.57 Å². The molecule has 0 bridgehead atoms. The monoisotopic (exact) mass is 398 g/mol. The van der Waals surface area contributed by atoms with Gasteiger partial charge in [0.25, 0.3) is 0 Å². The summed E-state index contributed by atoms with van der Waals surface area (Å²) in [5.41, 5.74) is 3.88. The summed E-state index contributed by atoms with van der Waals surface area (Å²) in [5.74, 6) is 3.58. The Hall–Kier alpha value is -0.300. The van der Waals surface area contributed by atoms with Crippen molar-refractivity contribution < 1.29 is 5.11 Å². The highest BCUT2D eigenvalue weighted by atomic mass is 16.3. The lowest BCUT2D eigenvalue weighted by molar-refractivity contribution is -0.101. The zero-order valence-corrected chi connectivity index (χ0v) is 19.9. The third-order valence-electron chi connectivity index (χ3n) is 11.8. The van der Waals surface area contributed by atoms with Crippen LogP contribution in [0.15, 0.2) is 11.6 Å². The third kappa shape index (κ3) is 2.61. The highest BCUT2D eigenvalue weighted by molar-refractivity contribution is 5.40. The summed E-state index contributed by atoms with van der Waals surface area (Å²) in [7, 11) is 0. The standard InChI is InChI=1S/C28H46O/c1-19(2)7-6-8-20(3)23-12-13-26(5)24-10-9-21-17-22(29)11-14-27(21)18-28(24,27)16-15-25(23,26)4/h9,19-20,22-24,29H,6-8,10-18H2,1-5H3/t20?,22-,23?,24?,25+,26-,27?,28?/m0/s1. The Labute approximate surface area is 180 Å². The van der Waals surface area contributed by atoms with Crippen molar-refractivity contribution in [3.05, 3.63) is 11.6 Å². The van der Waals surface area contributed by atoms with E-state index in [1.807, 2.05) is 0 Å². The van der Waals surface area contributed by atoms with Gasteiger partial charge in [0.05, 0.1) is 6.10 Å². The molecule has 4 fully saturated rings. The average molecular weight is 399 g/mol. The molecule has 164 valence electrons. The summed E-state index contributed by atoms with van der Waals surface area (Å²) in [5, 5.41) is 10.3. The Morgan fingerprint density at radius 1 is 1.00 bits per heavy atom. The van der Waals surface area contributed by atoms with Gasteiger partial charge in [0, 0.05) is 0 Å². The zero-order valence-electron chi connectivity index (χ0n) is 19.9. The van der Waals surface area contributed by atoms with Gasteiger partial charge < -0.3 is 5.11 Å². The molecule has 5 unspecified atom stereocenters. The minimum absolute atomic E-state index is 0.0620. The van der Waals surface area contributed by atoms with E-state index < -0.39 is 0 Å². The van der Waals surface area contributed by atoms with Crippen LogP contribution < -0.4 is 0 Å². The van der Waals surface area contributed by atoms with E-state index >= 15 is 0 Å². The first-order valence-electron chi connectivity index (χ1n) is 13.1. The van der Waals surface area contributed by atoms with Gasteiger partial charge in [-0.15, -0.1) is 0 Å². The highest BCUT2D eigenvalue weighted by Gasteiger charge is 2.79. The van der Waals surface area contributed by atoms with Gasteiger partial charge in [-0.1, -0.05) is 65.5 Å². The predicted molar refractivity (Wildman–Crippen MR) is 122 cm³/mol. The van der Waals surface area contributed by atoms with E-state index in [9.17, 15) is 5.11 Å². The largest absolute Gasteiger partial charge is 0.393 e. The van der Waals surface area contributed by atoms with Gasteiger partial charge in [0.1, 0.15) is 0 Å². The van der Waals surface area contributed by atoms with E-state index in [-0.39, 0.29) is 6.10 Å². The Balaban J connectivity index is 1.39. The minimum atomic E-state index is -0.0620. The van der Waals surface area contributed by atoms with Crippen LogP contribution in [0.5, 0.6) is 0 Å². The number of fused-ring (bicyclic) bond motifs is 2. The van der Waals surface area contributed by atoms with E-state index in [2.05, 4.69) is 40.7 Å². The molecule has 0 heterocycles. The van der Waals surface area contributed by atoms with Crippen LogP contribution in [-0.2, 0) is 0 Å². The van der Waals surface area contributed by atoms with Crippen molar-refractivity contribution >= 4 is 0 Å². The minimum Gasteiger partial charge on any atom is -0.393 e. The molecule has 0 aliphatic heterocycles. The molecule has 0 aromatic rings. The summed E-state index contributed by atoms with van der Waals surface area (Å²) in [6.07, 6.45) is 18.8. The van der Waals surface area contributed by atoms with Gasteiger partial charge in [0.15, 0.2) is 0 Å². The molecule has 29 heavy (non-hydrogen) atoms. The van der Waals surface area contributed by atoms with Crippen molar-refractivity contribution in [1.29, 1.82) is 0 Å². The quantitative estimate of drug-likeness (QED) is 0.474. The maximum atomic E-state index is 10.3. The summed E-state index contributed by atoms with van der Waals surface area (Å²) >= 11 is 0. The molecule has 5 aliphatic rings. The summed E-state index contributed by atoms with van der Waals surface area (Å²) in [4.78, 5) is 0. The normalized spacial score (nSPS) is 51.6. The first-order chi connectivity index (χ1) is 13.7. The van der Waals surface area contributed by atoms with Crippen LogP contribution in [0.2, 0.25) is 0 Å². The molecular weight excluding hydrogens is 352 g/mol. The van der Waals surface area contributed by atoms with Gasteiger partial charge in [0.2, 0.25) is 0 Å². The fourth-order valence-electron chi connectivity index (χ4n) is 9.95. The molecule has 5 rings (SSSR count). The molecule has 1 nitrogen and oxygen atoms in total. The van der Waals surface area contributed by atoms with E-state index in [4.69, 9.17) is 0 Å². The van der Waals surface area contributed by atoms with E-state index in [1.165, 1.54) is 64.2 Å². The fraction of sp³-hybridized carbons (Fsp3) is 0.929. The summed E-state index contributed by atoms with van der Waals surface area (Å²) in [6, 6.07) is 0. The molecule has 0 radical (unpaired) electrons. The van der Waals surface area contributed by atoms with Crippen molar-refractivity contribution in [2.45, 2.75) is 118 Å². The lowest BCUT2D eigenvalue weighted by Crippen LogP contribution is -2.53. The summed E-state index contributed by atoms with van der Waals surface area (Å²) in [6.45, 7) is 12.8. The van der Waals surface area contributed by atoms with E-state index in [0.717, 1.165) is 36.5 Å². The van der Waals surface area contributed by atoms with Crippen LogP contribution in [0.4, 0.5) is 0 Å². The smallest absolute Gasteiger partial charge is 0.0577 e. The Bertz CT molecular complexity index is 692. The molecule has 0 aromatic carbocycles. The van der Waals surface area contributed by atoms with Crippen LogP contribution in [0.3, 0.4) is 0 Å². The van der Waals surface area contributed by atoms with Crippen LogP contribution >= 0.6 is 0 Å². The zero-order chi connectivity index (χ0) is 20.7. The third-order valence-corrected chi connectivity index (χ3v) is 11.8. The highest BCUT2D eigenvalue weighted by Crippen LogP contribution is 2.86. The number of rotatable bonds is 5. The van der Waals surface area contributed by atoms with Crippen molar-refractivity contribution in [2.75, 3.05) is 0 Å². The van der Waals surface area contributed by atoms with Gasteiger partial charge in [-0.25, -0.2) is 0 Å². The van der Waals surface area contributed by atoms with Crippen LogP contribution in [0.1, 0.15) is 112 Å². The second-order valence-electron chi connectivity index (χ2n) is 13.1. The van der Waals surface area contributed by atoms with E-state index in [0.29, 0.717) is 21.7 Å². The second-order valence-corrected chi connectivity index (χ2v) is 13.1. The van der Waals surface area contributed by atoms with Crippen molar-refractivity contribution in [3.8, 4) is 0 Å². The topological polar surface area (TPSA) is 20.2 Å². The predicted octanol–water partition coefficient (Wildman–Crippen LogP) is 7.53. The SMILES string of the molecule is CC(C)CCCC(C)C1CC[C@@]2(C)C3CC=C4C[C@@H](O)CCC45CC35CC[C@]12C. The lowest BCUT2D eigenvalue weighted by atomic mass is 9.44. The number of hydrogen-bond acceptors (Lipinski definition) is 1. The first-order valence-corrected chi connectivity index (χ1v) is 13.1. The molecule has 2 spiro atoms. The van der Waals surface area contributed by atoms with Gasteiger partial charge >= 0.3 is 0 Å². The first kappa shape index (κ1) is 20.6. The Kier molecular flexibility index (Phi) is 4.69. The van der Waals surface area contributed by atoms with Crippen molar-refractivity contribution in [2.24, 2.45) is 45.3 Å².